The number of nitrogens with zero attached hydrogens (tertiary/aromatic N) is 1. The number of anilines is 1. The first-order chi connectivity index (χ1) is 19.0. The number of rotatable bonds is 7. The number of halogens is 5. The molecule has 0 radical (unpaired) electrons. The van der Waals surface area contributed by atoms with E-state index in [0.29, 0.717) is 17.1 Å². The van der Waals surface area contributed by atoms with Crippen molar-refractivity contribution >= 4 is 39.1 Å². The van der Waals surface area contributed by atoms with Crippen molar-refractivity contribution in [3.05, 3.63) is 100 Å². The zero-order valence-electron chi connectivity index (χ0n) is 20.0. The van der Waals surface area contributed by atoms with Crippen molar-refractivity contribution in [2.45, 2.75) is 12.8 Å². The number of benzene rings is 2. The number of carbonyl (C=O) groups is 2. The Bertz CT molecular complexity index is 1730. The maximum absolute atomic E-state index is 13.6. The number of hydrogen-bond donors (Lipinski definition) is 2. The number of furan rings is 1. The Labute approximate surface area is 226 Å². The van der Waals surface area contributed by atoms with Crippen LogP contribution in [0.4, 0.5) is 27.6 Å². The highest BCUT2D eigenvalue weighted by molar-refractivity contribution is 7.21. The fourth-order valence-electron chi connectivity index (χ4n) is 3.83. The number of aromatic nitrogens is 1. The second-order valence-corrected chi connectivity index (χ2v) is 9.37. The molecule has 2 amide bonds. The van der Waals surface area contributed by atoms with Gasteiger partial charge in [-0.2, -0.15) is 13.2 Å². The number of hydrogen-bond acceptors (Lipinski definition) is 6. The maximum Gasteiger partial charge on any atom is 0.433 e. The highest BCUT2D eigenvalue weighted by atomic mass is 32.1. The highest BCUT2D eigenvalue weighted by Crippen LogP contribution is 2.43. The molecule has 0 unspecified atom stereocenters. The van der Waals surface area contributed by atoms with Crippen LogP contribution in [0, 0.1) is 11.6 Å². The monoisotopic (exact) mass is 573 g/mol. The lowest BCUT2D eigenvalue weighted by Gasteiger charge is -2.12. The number of nitrogens with one attached hydrogen (secondary N) is 1. The first-order valence-electron chi connectivity index (χ1n) is 11.4. The Balaban J connectivity index is 1.51. The Hall–Kier alpha value is -4.78. The van der Waals surface area contributed by atoms with Crippen LogP contribution in [0.1, 0.15) is 31.7 Å². The van der Waals surface area contributed by atoms with E-state index in [-0.39, 0.29) is 50.0 Å². The van der Waals surface area contributed by atoms with Gasteiger partial charge in [0, 0.05) is 5.39 Å². The molecule has 13 heteroatoms. The molecular formula is C27H16F5N3O4S. The molecule has 0 saturated carbocycles. The van der Waals surface area contributed by atoms with Crippen molar-refractivity contribution in [2.75, 3.05) is 5.32 Å². The number of thiophene rings is 1. The number of nitrogens with two attached hydrogens (primary N) is 1. The zero-order chi connectivity index (χ0) is 28.6. The lowest BCUT2D eigenvalue weighted by atomic mass is 10.0. The highest BCUT2D eigenvalue weighted by Gasteiger charge is 2.35. The molecule has 7 nitrogen and oxygen atoms in total. The number of alkyl halides is 3. The average molecular weight is 573 g/mol. The number of primary amides is 1. The van der Waals surface area contributed by atoms with E-state index in [4.69, 9.17) is 14.9 Å². The van der Waals surface area contributed by atoms with Crippen LogP contribution in [0.3, 0.4) is 0 Å². The molecule has 3 aromatic heterocycles. The molecule has 0 atom stereocenters. The van der Waals surface area contributed by atoms with Crippen LogP contribution in [-0.2, 0) is 12.8 Å². The van der Waals surface area contributed by atoms with Crippen LogP contribution in [-0.4, -0.2) is 16.8 Å². The summed E-state index contributed by atoms with van der Waals surface area (Å²) >= 11 is 0.572. The van der Waals surface area contributed by atoms with Crippen molar-refractivity contribution in [1.82, 2.24) is 4.98 Å². The molecule has 3 N–H and O–H groups in total. The summed E-state index contributed by atoms with van der Waals surface area (Å²) in [6.45, 7) is -0.0916. The van der Waals surface area contributed by atoms with Crippen LogP contribution < -0.4 is 15.8 Å². The first kappa shape index (κ1) is 26.8. The Kier molecular flexibility index (Phi) is 6.98. The van der Waals surface area contributed by atoms with Crippen LogP contribution in [0.2, 0.25) is 0 Å². The van der Waals surface area contributed by atoms with Crippen molar-refractivity contribution in [3.63, 3.8) is 0 Å². The summed E-state index contributed by atoms with van der Waals surface area (Å²) in [6, 6.07) is 13.4. The molecule has 5 rings (SSSR count). The number of ether oxygens (including phenoxy) is 1. The molecule has 0 saturated heterocycles. The number of pyridine rings is 1. The van der Waals surface area contributed by atoms with Gasteiger partial charge in [-0.1, -0.05) is 12.1 Å². The molecule has 0 bridgehead atoms. The van der Waals surface area contributed by atoms with Crippen molar-refractivity contribution in [3.8, 4) is 16.9 Å². The first-order valence-corrected chi connectivity index (χ1v) is 12.2. The summed E-state index contributed by atoms with van der Waals surface area (Å²) in [6.07, 6.45) is -4.83. The molecule has 2 aromatic carbocycles. The van der Waals surface area contributed by atoms with E-state index in [0.717, 1.165) is 18.2 Å². The second kappa shape index (κ2) is 10.4. The van der Waals surface area contributed by atoms with E-state index in [1.54, 1.807) is 0 Å². The average Bonchev–Trinajstić information content (AvgIpc) is 3.53. The van der Waals surface area contributed by atoms with E-state index < -0.39 is 35.3 Å². The zero-order valence-corrected chi connectivity index (χ0v) is 20.8. The Morgan fingerprint density at radius 3 is 2.25 bits per heavy atom. The van der Waals surface area contributed by atoms with E-state index in [1.165, 1.54) is 48.5 Å². The number of fused-ring (bicyclic) bond motifs is 1. The van der Waals surface area contributed by atoms with Crippen LogP contribution in [0.15, 0.2) is 71.1 Å². The van der Waals surface area contributed by atoms with Crippen LogP contribution >= 0.6 is 11.3 Å². The SMILES string of the molecule is NC(=O)c1sc2nc(C(F)(F)F)cc(-c3ccc(F)cc3)c2c1NC(=O)c1ccc(COc2ccc(F)cc2)o1. The van der Waals surface area contributed by atoms with Gasteiger partial charge in [0.15, 0.2) is 5.76 Å². The normalized spacial score (nSPS) is 11.5. The minimum Gasteiger partial charge on any atom is -0.486 e. The number of amides is 2. The quantitative estimate of drug-likeness (QED) is 0.209. The summed E-state index contributed by atoms with van der Waals surface area (Å²) in [7, 11) is 0. The lowest BCUT2D eigenvalue weighted by molar-refractivity contribution is -0.140. The van der Waals surface area contributed by atoms with Gasteiger partial charge < -0.3 is 20.2 Å². The minimum atomic E-state index is -4.83. The van der Waals surface area contributed by atoms with Gasteiger partial charge in [0.05, 0.1) is 5.69 Å². The molecule has 204 valence electrons. The largest absolute Gasteiger partial charge is 0.486 e. The van der Waals surface area contributed by atoms with Gasteiger partial charge in [-0.3, -0.25) is 9.59 Å². The molecular weight excluding hydrogens is 557 g/mol. The topological polar surface area (TPSA) is 107 Å². The molecule has 5 aromatic rings. The smallest absolute Gasteiger partial charge is 0.433 e. The fourth-order valence-corrected chi connectivity index (χ4v) is 4.84. The van der Waals surface area contributed by atoms with E-state index in [2.05, 4.69) is 10.3 Å². The van der Waals surface area contributed by atoms with Gasteiger partial charge in [-0.15, -0.1) is 11.3 Å². The second-order valence-electron chi connectivity index (χ2n) is 8.37. The third-order valence-electron chi connectivity index (χ3n) is 5.65. The number of carbonyl (C=O) groups excluding carboxylic acids is 2. The van der Waals surface area contributed by atoms with Crippen LogP contribution in [0.25, 0.3) is 21.3 Å². The van der Waals surface area contributed by atoms with Gasteiger partial charge in [0.25, 0.3) is 11.8 Å². The Morgan fingerprint density at radius 1 is 0.975 bits per heavy atom. The summed E-state index contributed by atoms with van der Waals surface area (Å²) in [5.41, 5.74) is 4.21. The van der Waals surface area contributed by atoms with Crippen LogP contribution in [0.5, 0.6) is 5.75 Å². The fraction of sp³-hybridized carbons (Fsp3) is 0.0741. The lowest BCUT2D eigenvalue weighted by Crippen LogP contribution is -2.16. The molecule has 0 aliphatic carbocycles. The predicted octanol–water partition coefficient (Wildman–Crippen LogP) is 6.78. The van der Waals surface area contributed by atoms with Gasteiger partial charge >= 0.3 is 6.18 Å². The van der Waals surface area contributed by atoms with E-state index >= 15 is 0 Å². The molecule has 40 heavy (non-hydrogen) atoms. The van der Waals surface area contributed by atoms with E-state index in [1.807, 2.05) is 0 Å². The molecule has 3 heterocycles. The van der Waals surface area contributed by atoms with Crippen molar-refractivity contribution in [2.24, 2.45) is 5.73 Å². The summed E-state index contributed by atoms with van der Waals surface area (Å²) < 4.78 is 78.6. The Morgan fingerprint density at radius 2 is 1.62 bits per heavy atom. The van der Waals surface area contributed by atoms with Gasteiger partial charge in [0.1, 0.15) is 45.2 Å². The third kappa shape index (κ3) is 5.50. The standard InChI is InChI=1S/C27H16F5N3O4S/c28-14-3-1-13(2-4-14)18-11-20(27(30,31)32)34-26-21(18)22(23(40-26)24(33)36)35-25(37)19-10-9-17(39-19)12-38-16-7-5-15(29)6-8-16/h1-11H,12H2,(H2,33,36)(H,35,37). The molecule has 0 aliphatic rings. The van der Waals surface area contributed by atoms with Gasteiger partial charge in [-0.05, 0) is 65.7 Å². The molecule has 0 spiro atoms. The maximum atomic E-state index is 13.6. The van der Waals surface area contributed by atoms with Crippen molar-refractivity contribution < 1.29 is 40.7 Å². The molecule has 0 fully saturated rings. The third-order valence-corrected chi connectivity index (χ3v) is 6.75. The summed E-state index contributed by atoms with van der Waals surface area (Å²) in [5.74, 6) is -2.49. The minimum absolute atomic E-state index is 0.0122. The van der Waals surface area contributed by atoms with Crippen molar-refractivity contribution in [1.29, 1.82) is 0 Å². The van der Waals surface area contributed by atoms with Gasteiger partial charge in [-0.25, -0.2) is 13.8 Å². The van der Waals surface area contributed by atoms with Gasteiger partial charge in [0.2, 0.25) is 0 Å². The summed E-state index contributed by atoms with van der Waals surface area (Å²) in [5, 5.41) is 2.52. The summed E-state index contributed by atoms with van der Waals surface area (Å²) in [4.78, 5) is 28.5. The molecule has 0 aliphatic heterocycles. The predicted molar refractivity (Wildman–Crippen MR) is 136 cm³/mol. The van der Waals surface area contributed by atoms with E-state index in [9.17, 15) is 31.5 Å².